The lowest BCUT2D eigenvalue weighted by Crippen LogP contribution is -2.31. The summed E-state index contributed by atoms with van der Waals surface area (Å²) in [6, 6.07) is 9.28. The van der Waals surface area contributed by atoms with E-state index in [1.807, 2.05) is 0 Å². The molecule has 1 saturated heterocycles. The monoisotopic (exact) mass is 232 g/mol. The molecule has 0 amide bonds. The van der Waals surface area contributed by atoms with E-state index in [1.54, 1.807) is 0 Å². The quantitative estimate of drug-likeness (QED) is 0.856. The summed E-state index contributed by atoms with van der Waals surface area (Å²) in [6.07, 6.45) is 4.06. The third kappa shape index (κ3) is 3.01. The zero-order valence-corrected chi connectivity index (χ0v) is 11.1. The van der Waals surface area contributed by atoms with E-state index in [2.05, 4.69) is 48.3 Å². The lowest BCUT2D eigenvalue weighted by atomic mass is 10.0. The number of nitrogens with one attached hydrogen (secondary N) is 1. The molecule has 2 nitrogen and oxygen atoms in total. The molecule has 1 unspecified atom stereocenters. The van der Waals surface area contributed by atoms with Crippen molar-refractivity contribution in [3.05, 3.63) is 29.8 Å². The van der Waals surface area contributed by atoms with Crippen LogP contribution in [0.2, 0.25) is 0 Å². The summed E-state index contributed by atoms with van der Waals surface area (Å²) in [5.41, 5.74) is 2.87. The standard InChI is InChI=1S/C15H24N2/c1-3-16-13(2)14-9-5-6-10-15(14)17-11-7-4-8-12-17/h5-6,9-10,13,16H,3-4,7-8,11-12H2,1-2H3. The number of hydrogen-bond donors (Lipinski definition) is 1. The number of benzene rings is 1. The Morgan fingerprint density at radius 1 is 1.18 bits per heavy atom. The van der Waals surface area contributed by atoms with Gasteiger partial charge in [-0.3, -0.25) is 0 Å². The van der Waals surface area contributed by atoms with Crippen molar-refractivity contribution in [2.75, 3.05) is 24.5 Å². The predicted octanol–water partition coefficient (Wildman–Crippen LogP) is 3.35. The first-order chi connectivity index (χ1) is 8.33. The van der Waals surface area contributed by atoms with Crippen molar-refractivity contribution < 1.29 is 0 Å². The van der Waals surface area contributed by atoms with Gasteiger partial charge in [-0.2, -0.15) is 0 Å². The molecule has 0 bridgehead atoms. The minimum Gasteiger partial charge on any atom is -0.371 e. The average molecular weight is 232 g/mol. The zero-order chi connectivity index (χ0) is 12.1. The fraction of sp³-hybridized carbons (Fsp3) is 0.600. The van der Waals surface area contributed by atoms with Gasteiger partial charge in [0.2, 0.25) is 0 Å². The van der Waals surface area contributed by atoms with Crippen LogP contribution in [0.25, 0.3) is 0 Å². The van der Waals surface area contributed by atoms with Gasteiger partial charge in [0.25, 0.3) is 0 Å². The largest absolute Gasteiger partial charge is 0.371 e. The molecule has 1 aliphatic heterocycles. The summed E-state index contributed by atoms with van der Waals surface area (Å²) < 4.78 is 0. The summed E-state index contributed by atoms with van der Waals surface area (Å²) >= 11 is 0. The Hall–Kier alpha value is -1.02. The van der Waals surface area contributed by atoms with Crippen molar-refractivity contribution in [3.63, 3.8) is 0 Å². The molecule has 2 rings (SSSR count). The van der Waals surface area contributed by atoms with Gasteiger partial charge in [0.1, 0.15) is 0 Å². The molecule has 1 fully saturated rings. The molecule has 0 aromatic heterocycles. The Kier molecular flexibility index (Phi) is 4.43. The lowest BCUT2D eigenvalue weighted by molar-refractivity contribution is 0.563. The first kappa shape index (κ1) is 12.4. The van der Waals surface area contributed by atoms with Crippen LogP contribution in [0.1, 0.15) is 44.7 Å². The van der Waals surface area contributed by atoms with Gasteiger partial charge in [0.05, 0.1) is 0 Å². The Morgan fingerprint density at radius 3 is 2.59 bits per heavy atom. The van der Waals surface area contributed by atoms with Gasteiger partial charge in [-0.25, -0.2) is 0 Å². The summed E-state index contributed by atoms with van der Waals surface area (Å²) in [6.45, 7) is 7.88. The van der Waals surface area contributed by atoms with E-state index in [4.69, 9.17) is 0 Å². The number of rotatable bonds is 4. The van der Waals surface area contributed by atoms with Gasteiger partial charge in [0, 0.05) is 24.8 Å². The van der Waals surface area contributed by atoms with Crippen LogP contribution < -0.4 is 10.2 Å². The van der Waals surface area contributed by atoms with Gasteiger partial charge in [-0.05, 0) is 44.4 Å². The molecular formula is C15H24N2. The maximum absolute atomic E-state index is 3.51. The summed E-state index contributed by atoms with van der Waals surface area (Å²) in [7, 11) is 0. The fourth-order valence-electron chi connectivity index (χ4n) is 2.69. The van der Waals surface area contributed by atoms with Crippen molar-refractivity contribution >= 4 is 5.69 Å². The summed E-state index contributed by atoms with van der Waals surface area (Å²) in [5, 5.41) is 3.51. The first-order valence-corrected chi connectivity index (χ1v) is 6.90. The maximum Gasteiger partial charge on any atom is 0.0414 e. The second-order valence-electron chi connectivity index (χ2n) is 4.89. The van der Waals surface area contributed by atoms with E-state index < -0.39 is 0 Å². The smallest absolute Gasteiger partial charge is 0.0414 e. The third-order valence-corrected chi connectivity index (χ3v) is 3.61. The number of anilines is 1. The number of nitrogens with zero attached hydrogens (tertiary/aromatic N) is 1. The highest BCUT2D eigenvalue weighted by Crippen LogP contribution is 2.28. The molecule has 94 valence electrons. The SMILES string of the molecule is CCNC(C)c1ccccc1N1CCCCC1. The van der Waals surface area contributed by atoms with Crippen molar-refractivity contribution in [2.45, 2.75) is 39.2 Å². The van der Waals surface area contributed by atoms with Crippen LogP contribution in [-0.4, -0.2) is 19.6 Å². The molecule has 1 aromatic rings. The molecular weight excluding hydrogens is 208 g/mol. The van der Waals surface area contributed by atoms with Gasteiger partial charge in [0.15, 0.2) is 0 Å². The normalized spacial score (nSPS) is 18.1. The van der Waals surface area contributed by atoms with Gasteiger partial charge in [-0.1, -0.05) is 25.1 Å². The van der Waals surface area contributed by atoms with Crippen LogP contribution in [0.4, 0.5) is 5.69 Å². The van der Waals surface area contributed by atoms with Gasteiger partial charge >= 0.3 is 0 Å². The molecule has 1 N–H and O–H groups in total. The van der Waals surface area contributed by atoms with Gasteiger partial charge in [-0.15, -0.1) is 0 Å². The summed E-state index contributed by atoms with van der Waals surface area (Å²) in [4.78, 5) is 2.55. The minimum absolute atomic E-state index is 0.443. The molecule has 1 atom stereocenters. The van der Waals surface area contributed by atoms with E-state index in [-0.39, 0.29) is 0 Å². The van der Waals surface area contributed by atoms with Gasteiger partial charge < -0.3 is 10.2 Å². The van der Waals surface area contributed by atoms with Crippen molar-refractivity contribution in [1.29, 1.82) is 0 Å². The highest BCUT2D eigenvalue weighted by molar-refractivity contribution is 5.55. The maximum atomic E-state index is 3.51. The zero-order valence-electron chi connectivity index (χ0n) is 11.1. The van der Waals surface area contributed by atoms with Crippen LogP contribution >= 0.6 is 0 Å². The topological polar surface area (TPSA) is 15.3 Å². The van der Waals surface area contributed by atoms with Crippen LogP contribution in [0.15, 0.2) is 24.3 Å². The van der Waals surface area contributed by atoms with E-state index in [0.717, 1.165) is 6.54 Å². The lowest BCUT2D eigenvalue weighted by Gasteiger charge is -2.32. The van der Waals surface area contributed by atoms with Crippen molar-refractivity contribution in [1.82, 2.24) is 5.32 Å². The average Bonchev–Trinajstić information content (AvgIpc) is 2.40. The predicted molar refractivity (Wildman–Crippen MR) is 74.6 cm³/mol. The van der Waals surface area contributed by atoms with Crippen molar-refractivity contribution in [3.8, 4) is 0 Å². The highest BCUT2D eigenvalue weighted by Gasteiger charge is 2.16. The van der Waals surface area contributed by atoms with Crippen LogP contribution in [0.5, 0.6) is 0 Å². The molecule has 0 aliphatic carbocycles. The first-order valence-electron chi connectivity index (χ1n) is 6.90. The molecule has 17 heavy (non-hydrogen) atoms. The number of para-hydroxylation sites is 1. The molecule has 1 aromatic carbocycles. The van der Waals surface area contributed by atoms with Crippen molar-refractivity contribution in [2.24, 2.45) is 0 Å². The number of hydrogen-bond acceptors (Lipinski definition) is 2. The molecule has 2 heteroatoms. The second-order valence-corrected chi connectivity index (χ2v) is 4.89. The van der Waals surface area contributed by atoms with E-state index in [9.17, 15) is 0 Å². The Bertz CT molecular complexity index is 343. The Morgan fingerprint density at radius 2 is 1.88 bits per heavy atom. The van der Waals surface area contributed by atoms with E-state index >= 15 is 0 Å². The minimum atomic E-state index is 0.443. The Labute approximate surface area is 105 Å². The fourth-order valence-corrected chi connectivity index (χ4v) is 2.69. The highest BCUT2D eigenvalue weighted by atomic mass is 15.1. The third-order valence-electron chi connectivity index (χ3n) is 3.61. The van der Waals surface area contributed by atoms with Crippen LogP contribution in [-0.2, 0) is 0 Å². The summed E-state index contributed by atoms with van der Waals surface area (Å²) in [5.74, 6) is 0. The van der Waals surface area contributed by atoms with Crippen LogP contribution in [0, 0.1) is 0 Å². The number of piperidine rings is 1. The van der Waals surface area contributed by atoms with E-state index in [1.165, 1.54) is 43.6 Å². The molecule has 1 aliphatic rings. The second kappa shape index (κ2) is 6.06. The molecule has 1 heterocycles. The molecule has 0 spiro atoms. The molecule has 0 saturated carbocycles. The molecule has 0 radical (unpaired) electrons. The Balaban J connectivity index is 2.19. The van der Waals surface area contributed by atoms with E-state index in [0.29, 0.717) is 6.04 Å². The van der Waals surface area contributed by atoms with Crippen LogP contribution in [0.3, 0.4) is 0 Å².